The second-order valence-corrected chi connectivity index (χ2v) is 9.02. The van der Waals surface area contributed by atoms with Gasteiger partial charge >= 0.3 is 0 Å². The van der Waals surface area contributed by atoms with Gasteiger partial charge in [0.2, 0.25) is 0 Å². The molecule has 2 N–H and O–H groups in total. The molecular weight excluding hydrogens is 360 g/mol. The lowest BCUT2D eigenvalue weighted by molar-refractivity contribution is -0.171. The summed E-state index contributed by atoms with van der Waals surface area (Å²) in [6.07, 6.45) is 6.73. The fourth-order valence-electron chi connectivity index (χ4n) is 5.75. The smallest absolute Gasteiger partial charge is 0.191 e. The monoisotopic (exact) mass is 388 g/mol. The number of halogens is 1. The van der Waals surface area contributed by atoms with E-state index in [9.17, 15) is 0 Å². The molecule has 2 heterocycles. The van der Waals surface area contributed by atoms with Crippen molar-refractivity contribution in [2.45, 2.75) is 50.3 Å². The number of aliphatic imine (C=N–C) groups is 1. The van der Waals surface area contributed by atoms with E-state index in [1.165, 1.54) is 31.4 Å². The van der Waals surface area contributed by atoms with Gasteiger partial charge in [0.15, 0.2) is 5.96 Å². The molecule has 2 aliphatic carbocycles. The number of benzene rings is 1. The van der Waals surface area contributed by atoms with E-state index in [1.54, 1.807) is 0 Å². The van der Waals surface area contributed by atoms with E-state index in [0.29, 0.717) is 29.5 Å². The van der Waals surface area contributed by atoms with Crippen LogP contribution < -0.4 is 15.5 Å². The minimum Gasteiger partial charge on any atom is -0.377 e. The molecule has 4 unspecified atom stereocenters. The lowest BCUT2D eigenvalue weighted by Gasteiger charge is -2.63. The van der Waals surface area contributed by atoms with Crippen LogP contribution in [0.3, 0.4) is 0 Å². The van der Waals surface area contributed by atoms with Gasteiger partial charge in [0, 0.05) is 60.9 Å². The topological polar surface area (TPSA) is 48.9 Å². The van der Waals surface area contributed by atoms with Crippen molar-refractivity contribution < 1.29 is 4.74 Å². The van der Waals surface area contributed by atoms with Crippen LogP contribution in [0.1, 0.15) is 32.1 Å². The molecule has 2 saturated heterocycles. The number of nitrogens with zero attached hydrogens (tertiary/aromatic N) is 2. The molecule has 4 aliphatic rings. The molecule has 0 bridgehead atoms. The van der Waals surface area contributed by atoms with Crippen molar-refractivity contribution in [1.82, 2.24) is 10.6 Å². The quantitative estimate of drug-likeness (QED) is 0.617. The zero-order valence-corrected chi connectivity index (χ0v) is 16.7. The van der Waals surface area contributed by atoms with Crippen LogP contribution in [0.2, 0.25) is 5.02 Å². The first-order valence-corrected chi connectivity index (χ1v) is 10.7. The fraction of sp³-hybridized carbons (Fsp3) is 0.667. The molecule has 0 amide bonds. The Balaban J connectivity index is 1.20. The third-order valence-electron chi connectivity index (χ3n) is 7.25. The second-order valence-electron chi connectivity index (χ2n) is 8.58. The highest BCUT2D eigenvalue weighted by atomic mass is 35.5. The first kappa shape index (κ1) is 17.6. The van der Waals surface area contributed by atoms with Crippen molar-refractivity contribution in [2.24, 2.45) is 16.3 Å². The Labute approximate surface area is 166 Å². The first-order chi connectivity index (χ1) is 13.2. The number of nitrogens with one attached hydrogen (secondary N) is 2. The van der Waals surface area contributed by atoms with Crippen molar-refractivity contribution in [3.63, 3.8) is 0 Å². The molecule has 146 valence electrons. The van der Waals surface area contributed by atoms with E-state index in [1.807, 2.05) is 25.2 Å². The Kier molecular flexibility index (Phi) is 4.47. The van der Waals surface area contributed by atoms with Crippen LogP contribution in [0, 0.1) is 11.3 Å². The van der Waals surface area contributed by atoms with E-state index in [-0.39, 0.29) is 0 Å². The molecule has 0 aromatic heterocycles. The van der Waals surface area contributed by atoms with Gasteiger partial charge in [-0.2, -0.15) is 0 Å². The molecule has 1 spiro atoms. The first-order valence-electron chi connectivity index (χ1n) is 10.3. The van der Waals surface area contributed by atoms with Crippen molar-refractivity contribution in [3.8, 4) is 0 Å². The average Bonchev–Trinajstić information content (AvgIpc) is 3.25. The Hall–Kier alpha value is -1.46. The van der Waals surface area contributed by atoms with Crippen LogP contribution in [-0.4, -0.2) is 50.9 Å². The highest BCUT2D eigenvalue weighted by Crippen LogP contribution is 2.62. The van der Waals surface area contributed by atoms with Crippen molar-refractivity contribution in [3.05, 3.63) is 29.3 Å². The van der Waals surface area contributed by atoms with Crippen LogP contribution in [-0.2, 0) is 4.74 Å². The molecule has 5 rings (SSSR count). The zero-order chi connectivity index (χ0) is 18.4. The molecule has 1 aromatic carbocycles. The van der Waals surface area contributed by atoms with Crippen LogP contribution in [0.25, 0.3) is 0 Å². The molecule has 5 nitrogen and oxygen atoms in total. The number of rotatable bonds is 3. The van der Waals surface area contributed by atoms with Gasteiger partial charge in [0.05, 0.1) is 6.10 Å². The summed E-state index contributed by atoms with van der Waals surface area (Å²) in [5, 5.41) is 8.24. The summed E-state index contributed by atoms with van der Waals surface area (Å²) in [5.74, 6) is 1.62. The van der Waals surface area contributed by atoms with Gasteiger partial charge in [-0.05, 0) is 43.9 Å². The van der Waals surface area contributed by atoms with Crippen LogP contribution >= 0.6 is 11.6 Å². The summed E-state index contributed by atoms with van der Waals surface area (Å²) < 4.78 is 6.04. The number of hydrogen-bond donors (Lipinski definition) is 2. The molecule has 6 heteroatoms. The molecule has 27 heavy (non-hydrogen) atoms. The van der Waals surface area contributed by atoms with Gasteiger partial charge in [-0.25, -0.2) is 0 Å². The highest BCUT2D eigenvalue weighted by Gasteiger charge is 2.66. The second kappa shape index (κ2) is 6.85. The van der Waals surface area contributed by atoms with E-state index in [2.05, 4.69) is 26.6 Å². The summed E-state index contributed by atoms with van der Waals surface area (Å²) in [7, 11) is 1.88. The van der Waals surface area contributed by atoms with E-state index in [0.717, 1.165) is 37.1 Å². The number of guanidine groups is 1. The van der Waals surface area contributed by atoms with E-state index in [4.69, 9.17) is 16.3 Å². The minimum atomic E-state index is 0.376. The molecular formula is C21H29ClN4O. The Morgan fingerprint density at radius 1 is 1.30 bits per heavy atom. The van der Waals surface area contributed by atoms with E-state index < -0.39 is 0 Å². The van der Waals surface area contributed by atoms with Gasteiger partial charge in [-0.3, -0.25) is 4.99 Å². The Bertz CT molecular complexity index is 735. The van der Waals surface area contributed by atoms with Crippen molar-refractivity contribution in [2.75, 3.05) is 31.6 Å². The Morgan fingerprint density at radius 3 is 2.93 bits per heavy atom. The summed E-state index contributed by atoms with van der Waals surface area (Å²) in [6, 6.07) is 9.06. The van der Waals surface area contributed by atoms with Crippen LogP contribution in [0.4, 0.5) is 5.69 Å². The summed E-state index contributed by atoms with van der Waals surface area (Å²) >= 11 is 6.15. The number of fused-ring (bicyclic) bond motifs is 2. The normalized spacial score (nSPS) is 34.1. The molecule has 0 radical (unpaired) electrons. The third kappa shape index (κ3) is 2.90. The van der Waals surface area contributed by atoms with Gasteiger partial charge in [0.1, 0.15) is 0 Å². The zero-order valence-electron chi connectivity index (χ0n) is 16.0. The number of anilines is 1. The third-order valence-corrected chi connectivity index (χ3v) is 7.49. The molecule has 2 saturated carbocycles. The van der Waals surface area contributed by atoms with Crippen molar-refractivity contribution in [1.29, 1.82) is 0 Å². The van der Waals surface area contributed by atoms with Crippen LogP contribution in [0.5, 0.6) is 0 Å². The summed E-state index contributed by atoms with van der Waals surface area (Å²) in [6.45, 7) is 2.95. The Morgan fingerprint density at radius 2 is 2.19 bits per heavy atom. The van der Waals surface area contributed by atoms with Crippen molar-refractivity contribution >= 4 is 23.2 Å². The van der Waals surface area contributed by atoms with Gasteiger partial charge in [0.25, 0.3) is 0 Å². The largest absolute Gasteiger partial charge is 0.377 e. The average molecular weight is 389 g/mol. The van der Waals surface area contributed by atoms with Crippen LogP contribution in [0.15, 0.2) is 29.3 Å². The molecule has 1 aromatic rings. The van der Waals surface area contributed by atoms with Gasteiger partial charge in [-0.1, -0.05) is 24.1 Å². The SMILES string of the molecule is CN=C(NC1CCN(c2cccc(Cl)c2)C1)NC1C2CCOC2C12CCC2. The number of ether oxygens (including phenoxy) is 1. The summed E-state index contributed by atoms with van der Waals surface area (Å²) in [4.78, 5) is 6.93. The highest BCUT2D eigenvalue weighted by molar-refractivity contribution is 6.30. The molecule has 4 fully saturated rings. The maximum Gasteiger partial charge on any atom is 0.191 e. The molecule has 2 aliphatic heterocycles. The summed E-state index contributed by atoms with van der Waals surface area (Å²) in [5.41, 5.74) is 1.58. The lowest BCUT2D eigenvalue weighted by Crippen LogP contribution is -2.72. The minimum absolute atomic E-state index is 0.376. The number of hydrogen-bond acceptors (Lipinski definition) is 3. The van der Waals surface area contributed by atoms with E-state index >= 15 is 0 Å². The predicted octanol–water partition coefficient (Wildman–Crippen LogP) is 3.04. The maximum atomic E-state index is 6.15. The molecule has 4 atom stereocenters. The lowest BCUT2D eigenvalue weighted by atomic mass is 9.46. The fourth-order valence-corrected chi connectivity index (χ4v) is 5.94. The van der Waals surface area contributed by atoms with Gasteiger partial charge in [-0.15, -0.1) is 0 Å². The predicted molar refractivity (Wildman–Crippen MR) is 110 cm³/mol. The van der Waals surface area contributed by atoms with Gasteiger partial charge < -0.3 is 20.3 Å². The standard InChI is InChI=1S/C21H29ClN4O/c1-23-20(25-18-17-7-11-27-19(17)21(18)8-3-9-21)24-15-6-10-26(13-15)16-5-2-4-14(22)12-16/h2,4-5,12,15,17-19H,3,6-11,13H2,1H3,(H2,23,24,25). The maximum absolute atomic E-state index is 6.15.